The fraction of sp³-hybridized carbons (Fsp3) is 0.231. The molecule has 104 valence electrons. The molecule has 2 N–H and O–H groups in total. The van der Waals surface area contributed by atoms with Gasteiger partial charge in [0.25, 0.3) is 5.91 Å². The number of amides is 1. The molecule has 0 fully saturated rings. The highest BCUT2D eigenvalue weighted by Crippen LogP contribution is 2.25. The van der Waals surface area contributed by atoms with Crippen molar-refractivity contribution in [1.29, 1.82) is 0 Å². The van der Waals surface area contributed by atoms with E-state index in [2.05, 4.69) is 15.6 Å². The molecule has 0 atom stereocenters. The lowest BCUT2D eigenvalue weighted by atomic mass is 10.2. The third-order valence-electron chi connectivity index (χ3n) is 3.00. The van der Waals surface area contributed by atoms with Crippen LogP contribution >= 0.6 is 11.3 Å². The molecule has 1 aromatic heterocycles. The lowest BCUT2D eigenvalue weighted by Gasteiger charge is -2.09. The standard InChI is InChI=1S/C13H11F2N3OS/c14-8-2-1-7(5-9(8)15)12(19)18-13-17-10-3-4-16-6-11(10)20-13/h1-2,5,16H,3-4,6H2,(H,17,18,19). The molecule has 2 aromatic rings. The molecule has 3 rings (SSSR count). The van der Waals surface area contributed by atoms with E-state index >= 15 is 0 Å². The van der Waals surface area contributed by atoms with Crippen molar-refractivity contribution in [3.05, 3.63) is 46.0 Å². The summed E-state index contributed by atoms with van der Waals surface area (Å²) in [6.45, 7) is 1.61. The zero-order valence-corrected chi connectivity index (χ0v) is 11.2. The fourth-order valence-corrected chi connectivity index (χ4v) is 2.96. The van der Waals surface area contributed by atoms with Gasteiger partial charge in [-0.05, 0) is 18.2 Å². The van der Waals surface area contributed by atoms with Crippen molar-refractivity contribution in [2.24, 2.45) is 0 Å². The first-order valence-corrected chi connectivity index (χ1v) is 6.91. The molecular weight excluding hydrogens is 284 g/mol. The van der Waals surface area contributed by atoms with Crippen LogP contribution < -0.4 is 10.6 Å². The molecular formula is C13H11F2N3OS. The smallest absolute Gasteiger partial charge is 0.257 e. The zero-order chi connectivity index (χ0) is 14.1. The molecule has 1 aliphatic rings. The SMILES string of the molecule is O=C(Nc1nc2c(s1)CNCC2)c1ccc(F)c(F)c1. The van der Waals surface area contributed by atoms with Gasteiger partial charge in [-0.1, -0.05) is 0 Å². The molecule has 1 aliphatic heterocycles. The number of fused-ring (bicyclic) bond motifs is 1. The van der Waals surface area contributed by atoms with Gasteiger partial charge in [-0.2, -0.15) is 0 Å². The molecule has 0 spiro atoms. The molecule has 1 aromatic carbocycles. The minimum Gasteiger partial charge on any atom is -0.311 e. The van der Waals surface area contributed by atoms with Crippen LogP contribution in [0.3, 0.4) is 0 Å². The Morgan fingerprint density at radius 1 is 1.35 bits per heavy atom. The van der Waals surface area contributed by atoms with E-state index in [1.54, 1.807) is 0 Å². The number of hydrogen-bond donors (Lipinski definition) is 2. The number of halogens is 2. The molecule has 4 nitrogen and oxygen atoms in total. The maximum absolute atomic E-state index is 13.1. The van der Waals surface area contributed by atoms with Crippen LogP contribution in [0, 0.1) is 11.6 Å². The van der Waals surface area contributed by atoms with Gasteiger partial charge in [0, 0.05) is 30.0 Å². The van der Waals surface area contributed by atoms with E-state index in [9.17, 15) is 13.6 Å². The van der Waals surface area contributed by atoms with E-state index < -0.39 is 17.5 Å². The van der Waals surface area contributed by atoms with Gasteiger partial charge in [0.1, 0.15) is 0 Å². The summed E-state index contributed by atoms with van der Waals surface area (Å²) in [7, 11) is 0. The summed E-state index contributed by atoms with van der Waals surface area (Å²) < 4.78 is 25.9. The minimum atomic E-state index is -1.04. The van der Waals surface area contributed by atoms with Crippen LogP contribution in [-0.4, -0.2) is 17.4 Å². The highest BCUT2D eigenvalue weighted by molar-refractivity contribution is 7.15. The van der Waals surface area contributed by atoms with Crippen LogP contribution in [0.5, 0.6) is 0 Å². The van der Waals surface area contributed by atoms with E-state index in [1.807, 2.05) is 0 Å². The maximum atomic E-state index is 13.1. The number of nitrogens with zero attached hydrogens (tertiary/aromatic N) is 1. The van der Waals surface area contributed by atoms with E-state index in [1.165, 1.54) is 17.4 Å². The van der Waals surface area contributed by atoms with E-state index in [-0.39, 0.29) is 5.56 Å². The molecule has 0 unspecified atom stereocenters. The number of hydrogen-bond acceptors (Lipinski definition) is 4. The topological polar surface area (TPSA) is 54.0 Å². The Morgan fingerprint density at radius 3 is 2.95 bits per heavy atom. The summed E-state index contributed by atoms with van der Waals surface area (Å²) >= 11 is 1.39. The molecule has 0 saturated heterocycles. The quantitative estimate of drug-likeness (QED) is 0.894. The number of nitrogens with one attached hydrogen (secondary N) is 2. The van der Waals surface area contributed by atoms with Gasteiger partial charge in [0.15, 0.2) is 16.8 Å². The van der Waals surface area contributed by atoms with Crippen LogP contribution in [0.15, 0.2) is 18.2 Å². The molecule has 7 heteroatoms. The van der Waals surface area contributed by atoms with Gasteiger partial charge in [0.05, 0.1) is 5.69 Å². The number of benzene rings is 1. The lowest BCUT2D eigenvalue weighted by Crippen LogP contribution is -2.22. The number of carbonyl (C=O) groups is 1. The van der Waals surface area contributed by atoms with Crippen molar-refractivity contribution in [2.45, 2.75) is 13.0 Å². The van der Waals surface area contributed by atoms with Gasteiger partial charge < -0.3 is 5.32 Å². The number of anilines is 1. The van der Waals surface area contributed by atoms with Gasteiger partial charge in [-0.3, -0.25) is 10.1 Å². The summed E-state index contributed by atoms with van der Waals surface area (Å²) in [4.78, 5) is 17.4. The van der Waals surface area contributed by atoms with E-state index in [0.717, 1.165) is 42.2 Å². The number of thiazole rings is 1. The molecule has 2 heterocycles. The average molecular weight is 295 g/mol. The first kappa shape index (κ1) is 13.1. The van der Waals surface area contributed by atoms with Gasteiger partial charge >= 0.3 is 0 Å². The number of rotatable bonds is 2. The Labute approximate surface area is 117 Å². The van der Waals surface area contributed by atoms with Crippen molar-refractivity contribution in [3.8, 4) is 0 Å². The third kappa shape index (κ3) is 2.54. The Balaban J connectivity index is 1.78. The maximum Gasteiger partial charge on any atom is 0.257 e. The summed E-state index contributed by atoms with van der Waals surface area (Å²) in [6.07, 6.45) is 0.826. The predicted octanol–water partition coefficient (Wildman–Crippen LogP) is 2.32. The lowest BCUT2D eigenvalue weighted by molar-refractivity contribution is 0.102. The number of aromatic nitrogens is 1. The summed E-state index contributed by atoms with van der Waals surface area (Å²) in [5.41, 5.74) is 1.05. The predicted molar refractivity (Wildman–Crippen MR) is 71.8 cm³/mol. The van der Waals surface area contributed by atoms with E-state index in [4.69, 9.17) is 0 Å². The van der Waals surface area contributed by atoms with Gasteiger partial charge in [0.2, 0.25) is 0 Å². The van der Waals surface area contributed by atoms with Crippen molar-refractivity contribution in [3.63, 3.8) is 0 Å². The van der Waals surface area contributed by atoms with Crippen molar-refractivity contribution in [2.75, 3.05) is 11.9 Å². The van der Waals surface area contributed by atoms with Crippen molar-refractivity contribution in [1.82, 2.24) is 10.3 Å². The van der Waals surface area contributed by atoms with Crippen LogP contribution in [0.4, 0.5) is 13.9 Å². The monoisotopic (exact) mass is 295 g/mol. The highest BCUT2D eigenvalue weighted by atomic mass is 32.1. The Kier molecular flexibility index (Phi) is 3.45. The Hall–Kier alpha value is -1.86. The largest absolute Gasteiger partial charge is 0.311 e. The zero-order valence-electron chi connectivity index (χ0n) is 10.4. The number of carbonyl (C=O) groups excluding carboxylic acids is 1. The fourth-order valence-electron chi connectivity index (χ4n) is 1.99. The Bertz CT molecular complexity index is 648. The molecule has 1 amide bonds. The second-order valence-corrected chi connectivity index (χ2v) is 5.48. The van der Waals surface area contributed by atoms with Crippen molar-refractivity contribution >= 4 is 22.4 Å². The summed E-state index contributed by atoms with van der Waals surface area (Å²) in [5.74, 6) is -2.51. The van der Waals surface area contributed by atoms with Crippen LogP contribution in [0.25, 0.3) is 0 Å². The molecule has 20 heavy (non-hydrogen) atoms. The van der Waals surface area contributed by atoms with Crippen LogP contribution in [-0.2, 0) is 13.0 Å². The van der Waals surface area contributed by atoms with Gasteiger partial charge in [-0.25, -0.2) is 13.8 Å². The first-order chi connectivity index (χ1) is 9.63. The van der Waals surface area contributed by atoms with Crippen molar-refractivity contribution < 1.29 is 13.6 Å². The Morgan fingerprint density at radius 2 is 2.20 bits per heavy atom. The second kappa shape index (κ2) is 5.26. The molecule has 0 aliphatic carbocycles. The van der Waals surface area contributed by atoms with Gasteiger partial charge in [-0.15, -0.1) is 11.3 Å². The molecule has 0 radical (unpaired) electrons. The summed E-state index contributed by atoms with van der Waals surface area (Å²) in [6, 6.07) is 3.05. The van der Waals surface area contributed by atoms with Crippen LogP contribution in [0.2, 0.25) is 0 Å². The molecule has 0 saturated carbocycles. The average Bonchev–Trinajstić information content (AvgIpc) is 2.83. The highest BCUT2D eigenvalue weighted by Gasteiger charge is 2.17. The first-order valence-electron chi connectivity index (χ1n) is 6.09. The van der Waals surface area contributed by atoms with Crippen LogP contribution in [0.1, 0.15) is 20.9 Å². The van der Waals surface area contributed by atoms with E-state index in [0.29, 0.717) is 5.13 Å². The second-order valence-electron chi connectivity index (χ2n) is 4.40. The summed E-state index contributed by atoms with van der Waals surface area (Å²) in [5, 5.41) is 6.31. The minimum absolute atomic E-state index is 0.0650. The molecule has 0 bridgehead atoms. The third-order valence-corrected chi connectivity index (χ3v) is 4.02. The normalized spacial score (nSPS) is 13.9.